The molecule has 11 heteroatoms. The van der Waals surface area contributed by atoms with Crippen LogP contribution in [0.1, 0.15) is 11.1 Å². The summed E-state index contributed by atoms with van der Waals surface area (Å²) in [6, 6.07) is 8.82. The lowest BCUT2D eigenvalue weighted by Crippen LogP contribution is -2.48. The van der Waals surface area contributed by atoms with Crippen LogP contribution in [0.25, 0.3) is 0 Å². The van der Waals surface area contributed by atoms with Gasteiger partial charge in [-0.05, 0) is 18.2 Å². The second-order valence-corrected chi connectivity index (χ2v) is 9.47. The van der Waals surface area contributed by atoms with Crippen molar-refractivity contribution in [2.75, 3.05) is 33.0 Å². The smallest absolute Gasteiger partial charge is 0.270 e. The number of nitro benzene ring substituents is 1. The van der Waals surface area contributed by atoms with Crippen molar-refractivity contribution >= 4 is 27.3 Å². The molecule has 30 heavy (non-hydrogen) atoms. The van der Waals surface area contributed by atoms with Crippen LogP contribution in [0, 0.1) is 10.1 Å². The predicted octanol–water partition coefficient (Wildman–Crippen LogP) is 2.62. The van der Waals surface area contributed by atoms with Crippen LogP contribution in [0.15, 0.2) is 41.3 Å². The van der Waals surface area contributed by atoms with E-state index in [1.807, 2.05) is 12.1 Å². The highest BCUT2D eigenvalue weighted by atomic mass is 35.5. The number of benzene rings is 2. The third-order valence-electron chi connectivity index (χ3n) is 5.14. The summed E-state index contributed by atoms with van der Waals surface area (Å²) in [6.45, 7) is 2.83. The first kappa shape index (κ1) is 21.0. The van der Waals surface area contributed by atoms with E-state index in [-0.39, 0.29) is 30.5 Å². The molecule has 0 spiro atoms. The molecular weight excluding hydrogens is 434 g/mol. The standard InChI is InChI=1S/C19H20ClN3O6S/c20-16-8-14(19-15(9-16)12-28-13-29-19)11-21-4-6-22(7-5-21)30(26,27)18-3-1-2-17(10-18)23(24)25/h1-3,8-10H,4-7,11-13H2. The normalized spacial score (nSPS) is 17.9. The van der Waals surface area contributed by atoms with Crippen molar-refractivity contribution in [1.82, 2.24) is 9.21 Å². The summed E-state index contributed by atoms with van der Waals surface area (Å²) in [7, 11) is -3.80. The van der Waals surface area contributed by atoms with Gasteiger partial charge in [-0.2, -0.15) is 4.31 Å². The highest BCUT2D eigenvalue weighted by Gasteiger charge is 2.30. The second-order valence-electron chi connectivity index (χ2n) is 7.10. The van der Waals surface area contributed by atoms with E-state index in [9.17, 15) is 18.5 Å². The molecule has 2 aromatic rings. The molecular formula is C19H20ClN3O6S. The average Bonchev–Trinajstić information content (AvgIpc) is 2.74. The van der Waals surface area contributed by atoms with E-state index in [1.165, 1.54) is 22.5 Å². The number of ether oxygens (including phenoxy) is 2. The maximum atomic E-state index is 12.9. The summed E-state index contributed by atoms with van der Waals surface area (Å²) in [5, 5.41) is 11.6. The minimum atomic E-state index is -3.80. The van der Waals surface area contributed by atoms with Crippen LogP contribution >= 0.6 is 11.6 Å². The quantitative estimate of drug-likeness (QED) is 0.506. The van der Waals surface area contributed by atoms with Gasteiger partial charge in [-0.3, -0.25) is 15.0 Å². The van der Waals surface area contributed by atoms with E-state index in [1.54, 1.807) is 0 Å². The maximum absolute atomic E-state index is 12.9. The molecule has 4 rings (SSSR count). The van der Waals surface area contributed by atoms with Crippen molar-refractivity contribution in [3.63, 3.8) is 0 Å². The van der Waals surface area contributed by atoms with E-state index in [4.69, 9.17) is 21.1 Å². The molecule has 2 heterocycles. The van der Waals surface area contributed by atoms with Gasteiger partial charge in [-0.15, -0.1) is 0 Å². The predicted molar refractivity (Wildman–Crippen MR) is 109 cm³/mol. The molecule has 0 amide bonds. The summed E-state index contributed by atoms with van der Waals surface area (Å²) in [5.74, 6) is 0.775. The molecule has 2 aliphatic rings. The fourth-order valence-corrected chi connectivity index (χ4v) is 5.38. The first-order valence-corrected chi connectivity index (χ1v) is 11.2. The molecule has 0 N–H and O–H groups in total. The number of non-ortho nitro benzene ring substituents is 1. The van der Waals surface area contributed by atoms with Crippen molar-refractivity contribution in [3.05, 3.63) is 62.7 Å². The van der Waals surface area contributed by atoms with E-state index in [0.29, 0.717) is 31.3 Å². The Labute approximate surface area is 178 Å². The van der Waals surface area contributed by atoms with Gasteiger partial charge in [0.05, 0.1) is 16.4 Å². The van der Waals surface area contributed by atoms with E-state index < -0.39 is 14.9 Å². The number of rotatable bonds is 5. The number of halogens is 1. The monoisotopic (exact) mass is 453 g/mol. The number of nitrogens with zero attached hydrogens (tertiary/aromatic N) is 3. The fourth-order valence-electron chi connectivity index (χ4n) is 3.65. The molecule has 0 saturated carbocycles. The van der Waals surface area contributed by atoms with Crippen LogP contribution in [0.2, 0.25) is 5.02 Å². The second kappa shape index (κ2) is 8.48. The van der Waals surface area contributed by atoms with Crippen LogP contribution in [-0.4, -0.2) is 55.5 Å². The molecule has 0 aliphatic carbocycles. The van der Waals surface area contributed by atoms with Crippen molar-refractivity contribution < 1.29 is 22.8 Å². The Bertz CT molecular complexity index is 1070. The van der Waals surface area contributed by atoms with Gasteiger partial charge >= 0.3 is 0 Å². The highest BCUT2D eigenvalue weighted by molar-refractivity contribution is 7.89. The van der Waals surface area contributed by atoms with E-state index >= 15 is 0 Å². The lowest BCUT2D eigenvalue weighted by molar-refractivity contribution is -0.385. The van der Waals surface area contributed by atoms with Gasteiger partial charge < -0.3 is 9.47 Å². The molecule has 2 aliphatic heterocycles. The number of piperazine rings is 1. The van der Waals surface area contributed by atoms with Crippen molar-refractivity contribution in [3.8, 4) is 5.75 Å². The summed E-state index contributed by atoms with van der Waals surface area (Å²) < 4.78 is 38.1. The summed E-state index contributed by atoms with van der Waals surface area (Å²) in [5.41, 5.74) is 1.59. The van der Waals surface area contributed by atoms with Gasteiger partial charge in [0.1, 0.15) is 5.75 Å². The Balaban J connectivity index is 1.45. The van der Waals surface area contributed by atoms with Crippen LogP contribution in [0.3, 0.4) is 0 Å². The van der Waals surface area contributed by atoms with Gasteiger partial charge in [-0.25, -0.2) is 8.42 Å². The molecule has 1 fully saturated rings. The van der Waals surface area contributed by atoms with Crippen LogP contribution in [0.4, 0.5) is 5.69 Å². The average molecular weight is 454 g/mol. The highest BCUT2D eigenvalue weighted by Crippen LogP contribution is 2.33. The molecule has 160 valence electrons. The molecule has 1 saturated heterocycles. The molecule has 0 aromatic heterocycles. The lowest BCUT2D eigenvalue weighted by Gasteiger charge is -2.34. The number of hydrogen-bond donors (Lipinski definition) is 0. The van der Waals surface area contributed by atoms with Crippen molar-refractivity contribution in [2.24, 2.45) is 0 Å². The first-order chi connectivity index (χ1) is 14.3. The Hall–Kier alpha value is -2.24. The zero-order valence-corrected chi connectivity index (χ0v) is 17.6. The third kappa shape index (κ3) is 4.28. The molecule has 0 radical (unpaired) electrons. The third-order valence-corrected chi connectivity index (χ3v) is 7.26. The van der Waals surface area contributed by atoms with Crippen molar-refractivity contribution in [2.45, 2.75) is 18.0 Å². The molecule has 0 atom stereocenters. The Morgan fingerprint density at radius 1 is 1.13 bits per heavy atom. The molecule has 2 aromatic carbocycles. The largest absolute Gasteiger partial charge is 0.467 e. The zero-order valence-electron chi connectivity index (χ0n) is 16.0. The van der Waals surface area contributed by atoms with Crippen molar-refractivity contribution in [1.29, 1.82) is 0 Å². The Kier molecular flexibility index (Phi) is 5.94. The first-order valence-electron chi connectivity index (χ1n) is 9.33. The van der Waals surface area contributed by atoms with E-state index in [2.05, 4.69) is 4.90 Å². The Morgan fingerprint density at radius 3 is 2.63 bits per heavy atom. The SMILES string of the molecule is O=[N+]([O-])c1cccc(S(=O)(=O)N2CCN(Cc3cc(Cl)cc4c3OCOC4)CC2)c1. The minimum Gasteiger partial charge on any atom is -0.467 e. The number of hydrogen-bond acceptors (Lipinski definition) is 7. The number of fused-ring (bicyclic) bond motifs is 1. The molecule has 9 nitrogen and oxygen atoms in total. The van der Waals surface area contributed by atoms with Gasteiger partial charge in [0.15, 0.2) is 6.79 Å². The maximum Gasteiger partial charge on any atom is 0.270 e. The Morgan fingerprint density at radius 2 is 1.90 bits per heavy atom. The summed E-state index contributed by atoms with van der Waals surface area (Å²) >= 11 is 6.22. The fraction of sp³-hybridized carbons (Fsp3) is 0.368. The molecule has 0 bridgehead atoms. The van der Waals surface area contributed by atoms with Gasteiger partial charge in [0.2, 0.25) is 10.0 Å². The van der Waals surface area contributed by atoms with Gasteiger partial charge in [-0.1, -0.05) is 17.7 Å². The van der Waals surface area contributed by atoms with Gasteiger partial charge in [0.25, 0.3) is 5.69 Å². The van der Waals surface area contributed by atoms with E-state index in [0.717, 1.165) is 22.9 Å². The number of sulfonamides is 1. The van der Waals surface area contributed by atoms with Crippen LogP contribution in [-0.2, 0) is 27.9 Å². The number of nitro groups is 1. The topological polar surface area (TPSA) is 102 Å². The summed E-state index contributed by atoms with van der Waals surface area (Å²) in [4.78, 5) is 12.4. The minimum absolute atomic E-state index is 0.0672. The van der Waals surface area contributed by atoms with Crippen LogP contribution in [0.5, 0.6) is 5.75 Å². The molecule has 0 unspecified atom stereocenters. The van der Waals surface area contributed by atoms with Crippen LogP contribution < -0.4 is 4.74 Å². The lowest BCUT2D eigenvalue weighted by atomic mass is 10.1. The van der Waals surface area contributed by atoms with Gasteiger partial charge in [0, 0.05) is 61.0 Å². The zero-order chi connectivity index (χ0) is 21.3. The summed E-state index contributed by atoms with van der Waals surface area (Å²) in [6.07, 6.45) is 0.